The molecule has 0 amide bonds. The van der Waals surface area contributed by atoms with Gasteiger partial charge >= 0.3 is 0 Å². The van der Waals surface area contributed by atoms with Crippen LogP contribution in [0.15, 0.2) is 0 Å². The Labute approximate surface area is 56.0 Å². The molecule has 3 heteroatoms. The molecule has 0 aromatic heterocycles. The van der Waals surface area contributed by atoms with Crippen LogP contribution in [0.5, 0.6) is 0 Å². The minimum atomic E-state index is 0.747. The van der Waals surface area contributed by atoms with E-state index in [2.05, 4.69) is 10.9 Å². The molecule has 0 aliphatic carbocycles. The van der Waals surface area contributed by atoms with Crippen molar-refractivity contribution in [1.29, 1.82) is 0 Å². The third kappa shape index (κ3) is 2.30. The second kappa shape index (κ2) is 3.82. The molecule has 1 fully saturated rings. The summed E-state index contributed by atoms with van der Waals surface area (Å²) in [6, 6.07) is 0. The van der Waals surface area contributed by atoms with Gasteiger partial charge in [0.2, 0.25) is 0 Å². The molecule has 1 aliphatic heterocycles. The van der Waals surface area contributed by atoms with E-state index in [0.29, 0.717) is 0 Å². The lowest BCUT2D eigenvalue weighted by Crippen LogP contribution is -2.37. The van der Waals surface area contributed by atoms with E-state index in [1.54, 1.807) is 0 Å². The zero-order valence-electron chi connectivity index (χ0n) is 5.64. The fraction of sp³-hybridized carbons (Fsp3) is 1.00. The average Bonchev–Trinajstić information content (AvgIpc) is 1.91. The second-order valence-electron chi connectivity index (χ2n) is 2.48. The molecule has 3 nitrogen and oxygen atoms in total. The molecule has 1 atom stereocenters. The van der Waals surface area contributed by atoms with Gasteiger partial charge in [-0.05, 0) is 25.3 Å². The summed E-state index contributed by atoms with van der Waals surface area (Å²) in [4.78, 5) is 0. The number of hydrogen-bond acceptors (Lipinski definition) is 2. The van der Waals surface area contributed by atoms with Gasteiger partial charge in [-0.2, -0.15) is 5.43 Å². The predicted molar refractivity (Wildman–Crippen MR) is 36.8 cm³/mol. The van der Waals surface area contributed by atoms with Gasteiger partial charge in [0, 0.05) is 13.1 Å². The number of nitrogens with one attached hydrogen (secondary N) is 1. The van der Waals surface area contributed by atoms with Crippen LogP contribution in [-0.2, 0) is 0 Å². The summed E-state index contributed by atoms with van der Waals surface area (Å²) in [6.07, 6.45) is 2.37. The topological polar surface area (TPSA) is 52.1 Å². The Morgan fingerprint density at radius 3 is 3.11 bits per heavy atom. The van der Waals surface area contributed by atoms with Gasteiger partial charge in [0.25, 0.3) is 0 Å². The predicted octanol–water partition coefficient (Wildman–Crippen LogP) is -0.536. The summed E-state index contributed by atoms with van der Waals surface area (Å²) < 4.78 is 0. The number of hydrogen-bond donors (Lipinski definition) is 2. The third-order valence-electron chi connectivity index (χ3n) is 1.70. The quantitative estimate of drug-likeness (QED) is 0.525. The van der Waals surface area contributed by atoms with Crippen LogP contribution in [0.3, 0.4) is 0 Å². The van der Waals surface area contributed by atoms with Gasteiger partial charge < -0.3 is 5.73 Å². The van der Waals surface area contributed by atoms with Gasteiger partial charge in [-0.25, -0.2) is 5.43 Å². The van der Waals surface area contributed by atoms with Crippen molar-refractivity contribution < 1.29 is 0 Å². The van der Waals surface area contributed by atoms with E-state index in [1.165, 1.54) is 6.42 Å². The van der Waals surface area contributed by atoms with Crippen LogP contribution in [-0.4, -0.2) is 19.6 Å². The highest BCUT2D eigenvalue weighted by molar-refractivity contribution is 4.66. The number of nitrogens with two attached hydrogens (primary N) is 1. The largest absolute Gasteiger partial charge is 0.330 e. The molecule has 1 saturated heterocycles. The maximum atomic E-state index is 5.40. The van der Waals surface area contributed by atoms with Crippen LogP contribution in [0.4, 0.5) is 0 Å². The van der Waals surface area contributed by atoms with E-state index in [4.69, 9.17) is 5.73 Å². The molecule has 1 unspecified atom stereocenters. The Morgan fingerprint density at radius 2 is 2.56 bits per heavy atom. The van der Waals surface area contributed by atoms with E-state index >= 15 is 0 Å². The summed E-state index contributed by atoms with van der Waals surface area (Å²) in [6.45, 7) is 2.79. The van der Waals surface area contributed by atoms with Gasteiger partial charge in [0.1, 0.15) is 0 Å². The Morgan fingerprint density at radius 1 is 1.67 bits per heavy atom. The SMILES string of the molecule is NCCC1CCN[N]C1. The molecule has 1 radical (unpaired) electrons. The smallest absolute Gasteiger partial charge is 0.0333 e. The molecular weight excluding hydrogens is 114 g/mol. The minimum absolute atomic E-state index is 0.747. The van der Waals surface area contributed by atoms with Crippen molar-refractivity contribution in [2.45, 2.75) is 12.8 Å². The van der Waals surface area contributed by atoms with E-state index in [9.17, 15) is 0 Å². The van der Waals surface area contributed by atoms with Crippen molar-refractivity contribution in [3.8, 4) is 0 Å². The lowest BCUT2D eigenvalue weighted by molar-refractivity contribution is 0.317. The Hall–Kier alpha value is -0.120. The second-order valence-corrected chi connectivity index (χ2v) is 2.48. The first-order chi connectivity index (χ1) is 4.43. The highest BCUT2D eigenvalue weighted by atomic mass is 15.4. The summed E-state index contributed by atoms with van der Waals surface area (Å²) in [7, 11) is 0. The summed E-state index contributed by atoms with van der Waals surface area (Å²) in [5, 5.41) is 0. The van der Waals surface area contributed by atoms with Crippen molar-refractivity contribution in [2.24, 2.45) is 11.7 Å². The standard InChI is InChI=1S/C6H14N3/c7-3-1-6-2-4-8-9-5-6/h6,8H,1-5,7H2. The van der Waals surface area contributed by atoms with Gasteiger partial charge in [-0.15, -0.1) is 0 Å². The Bertz CT molecular complexity index is 65.9. The zero-order valence-corrected chi connectivity index (χ0v) is 5.64. The molecule has 0 aromatic rings. The Kier molecular flexibility index (Phi) is 2.97. The lowest BCUT2D eigenvalue weighted by atomic mass is 10.0. The maximum Gasteiger partial charge on any atom is 0.0333 e. The third-order valence-corrected chi connectivity index (χ3v) is 1.70. The highest BCUT2D eigenvalue weighted by Crippen LogP contribution is 2.07. The first-order valence-corrected chi connectivity index (χ1v) is 3.53. The summed E-state index contributed by atoms with van der Waals surface area (Å²) in [5.74, 6) is 0.747. The van der Waals surface area contributed by atoms with Gasteiger partial charge in [0.15, 0.2) is 0 Å². The normalized spacial score (nSPS) is 28.3. The molecule has 0 aromatic carbocycles. The number of rotatable bonds is 2. The van der Waals surface area contributed by atoms with Crippen LogP contribution in [0.1, 0.15) is 12.8 Å². The van der Waals surface area contributed by atoms with E-state index in [-0.39, 0.29) is 0 Å². The molecule has 1 aliphatic rings. The zero-order chi connectivity index (χ0) is 6.53. The fourth-order valence-electron chi connectivity index (χ4n) is 1.10. The van der Waals surface area contributed by atoms with Crippen LogP contribution in [0.2, 0.25) is 0 Å². The molecule has 1 rings (SSSR count). The molecule has 9 heavy (non-hydrogen) atoms. The average molecular weight is 128 g/mol. The van der Waals surface area contributed by atoms with Crippen LogP contribution >= 0.6 is 0 Å². The first-order valence-electron chi connectivity index (χ1n) is 3.53. The first kappa shape index (κ1) is 6.99. The molecule has 0 bridgehead atoms. The van der Waals surface area contributed by atoms with Crippen LogP contribution in [0, 0.1) is 5.92 Å². The van der Waals surface area contributed by atoms with E-state index < -0.39 is 0 Å². The van der Waals surface area contributed by atoms with Crippen molar-refractivity contribution in [2.75, 3.05) is 19.6 Å². The molecule has 0 spiro atoms. The minimum Gasteiger partial charge on any atom is -0.330 e. The van der Waals surface area contributed by atoms with E-state index in [1.807, 2.05) is 0 Å². The van der Waals surface area contributed by atoms with E-state index in [0.717, 1.165) is 32.0 Å². The molecule has 53 valence electrons. The van der Waals surface area contributed by atoms with Crippen molar-refractivity contribution in [1.82, 2.24) is 10.9 Å². The number of nitrogens with zero attached hydrogens (tertiary/aromatic N) is 1. The van der Waals surface area contributed by atoms with Crippen LogP contribution < -0.4 is 16.6 Å². The van der Waals surface area contributed by atoms with Gasteiger partial charge in [0.05, 0.1) is 0 Å². The molecule has 0 saturated carbocycles. The van der Waals surface area contributed by atoms with Crippen molar-refractivity contribution >= 4 is 0 Å². The maximum absolute atomic E-state index is 5.40. The lowest BCUT2D eigenvalue weighted by Gasteiger charge is -2.20. The summed E-state index contributed by atoms with van der Waals surface area (Å²) >= 11 is 0. The Balaban J connectivity index is 2.08. The monoisotopic (exact) mass is 128 g/mol. The highest BCUT2D eigenvalue weighted by Gasteiger charge is 2.11. The molecular formula is C6H14N3. The van der Waals surface area contributed by atoms with Gasteiger partial charge in [-0.3, -0.25) is 0 Å². The van der Waals surface area contributed by atoms with Crippen molar-refractivity contribution in [3.63, 3.8) is 0 Å². The molecule has 3 N–H and O–H groups in total. The van der Waals surface area contributed by atoms with Crippen molar-refractivity contribution in [3.05, 3.63) is 0 Å². The van der Waals surface area contributed by atoms with Crippen LogP contribution in [0.25, 0.3) is 0 Å². The fourth-order valence-corrected chi connectivity index (χ4v) is 1.10. The molecule has 1 heterocycles. The van der Waals surface area contributed by atoms with Gasteiger partial charge in [-0.1, -0.05) is 0 Å². The summed E-state index contributed by atoms with van der Waals surface area (Å²) in [5.41, 5.74) is 12.4.